The SMILES string of the molecule is CCN(CCCO)C(=O)/C=C/c1ccc2c(c1)OCO2. The van der Waals surface area contributed by atoms with Crippen molar-refractivity contribution in [3.05, 3.63) is 29.8 Å². The maximum atomic E-state index is 12.0. The van der Waals surface area contributed by atoms with Crippen molar-refractivity contribution in [2.45, 2.75) is 13.3 Å². The lowest BCUT2D eigenvalue weighted by Crippen LogP contribution is -2.30. The van der Waals surface area contributed by atoms with Gasteiger partial charge < -0.3 is 19.5 Å². The predicted octanol–water partition coefficient (Wildman–Crippen LogP) is 1.66. The smallest absolute Gasteiger partial charge is 0.246 e. The summed E-state index contributed by atoms with van der Waals surface area (Å²) in [7, 11) is 0. The summed E-state index contributed by atoms with van der Waals surface area (Å²) in [5.74, 6) is 1.37. The first-order chi connectivity index (χ1) is 9.74. The Labute approximate surface area is 118 Å². The summed E-state index contributed by atoms with van der Waals surface area (Å²) in [4.78, 5) is 13.7. The summed E-state index contributed by atoms with van der Waals surface area (Å²) in [6.45, 7) is 3.45. The minimum Gasteiger partial charge on any atom is -0.454 e. The molecule has 0 fully saturated rings. The number of ether oxygens (including phenoxy) is 2. The van der Waals surface area contributed by atoms with Crippen molar-refractivity contribution >= 4 is 12.0 Å². The van der Waals surface area contributed by atoms with Gasteiger partial charge in [0.15, 0.2) is 11.5 Å². The first-order valence-corrected chi connectivity index (χ1v) is 6.72. The number of hydrogen-bond acceptors (Lipinski definition) is 4. The van der Waals surface area contributed by atoms with Crippen LogP contribution in [0, 0.1) is 0 Å². The zero-order valence-electron chi connectivity index (χ0n) is 11.5. The third-order valence-electron chi connectivity index (χ3n) is 3.09. The highest BCUT2D eigenvalue weighted by Crippen LogP contribution is 2.32. The van der Waals surface area contributed by atoms with Gasteiger partial charge in [-0.15, -0.1) is 0 Å². The van der Waals surface area contributed by atoms with E-state index in [1.807, 2.05) is 25.1 Å². The van der Waals surface area contributed by atoms with Crippen LogP contribution in [0.2, 0.25) is 0 Å². The fraction of sp³-hybridized carbons (Fsp3) is 0.400. The number of nitrogens with zero attached hydrogens (tertiary/aromatic N) is 1. The lowest BCUT2D eigenvalue weighted by molar-refractivity contribution is -0.125. The molecule has 1 aliphatic heterocycles. The van der Waals surface area contributed by atoms with Crippen LogP contribution in [0.1, 0.15) is 18.9 Å². The van der Waals surface area contributed by atoms with Crippen molar-refractivity contribution in [2.24, 2.45) is 0 Å². The normalized spacial score (nSPS) is 12.9. The Morgan fingerprint density at radius 1 is 1.40 bits per heavy atom. The Morgan fingerprint density at radius 2 is 2.20 bits per heavy atom. The van der Waals surface area contributed by atoms with E-state index in [1.54, 1.807) is 17.1 Å². The van der Waals surface area contributed by atoms with Gasteiger partial charge in [-0.25, -0.2) is 0 Å². The van der Waals surface area contributed by atoms with Gasteiger partial charge in [-0.05, 0) is 37.1 Å². The van der Waals surface area contributed by atoms with Gasteiger partial charge >= 0.3 is 0 Å². The summed E-state index contributed by atoms with van der Waals surface area (Å²) >= 11 is 0. The molecule has 0 atom stereocenters. The van der Waals surface area contributed by atoms with Crippen molar-refractivity contribution in [2.75, 3.05) is 26.5 Å². The fourth-order valence-corrected chi connectivity index (χ4v) is 1.98. The number of likely N-dealkylation sites (N-methyl/N-ethyl adjacent to an activating group) is 1. The zero-order valence-corrected chi connectivity index (χ0v) is 11.5. The van der Waals surface area contributed by atoms with Crippen LogP contribution in [0.5, 0.6) is 11.5 Å². The third-order valence-corrected chi connectivity index (χ3v) is 3.09. The number of benzene rings is 1. The fourth-order valence-electron chi connectivity index (χ4n) is 1.98. The molecule has 2 rings (SSSR count). The molecule has 5 nitrogen and oxygen atoms in total. The van der Waals surface area contributed by atoms with Crippen LogP contribution in [-0.2, 0) is 4.79 Å². The minimum absolute atomic E-state index is 0.0568. The van der Waals surface area contributed by atoms with Gasteiger partial charge in [-0.1, -0.05) is 6.07 Å². The Morgan fingerprint density at radius 3 is 2.95 bits per heavy atom. The quantitative estimate of drug-likeness (QED) is 0.803. The molecule has 0 aliphatic carbocycles. The van der Waals surface area contributed by atoms with Gasteiger partial charge in [0.2, 0.25) is 12.7 Å². The predicted molar refractivity (Wildman–Crippen MR) is 75.6 cm³/mol. The number of carbonyl (C=O) groups is 1. The number of carbonyl (C=O) groups excluding carboxylic acids is 1. The first kappa shape index (κ1) is 14.4. The van der Waals surface area contributed by atoms with Crippen LogP contribution in [0.3, 0.4) is 0 Å². The average Bonchev–Trinajstić information content (AvgIpc) is 2.93. The molecule has 0 unspecified atom stereocenters. The monoisotopic (exact) mass is 277 g/mol. The number of aliphatic hydroxyl groups excluding tert-OH is 1. The van der Waals surface area contributed by atoms with E-state index in [9.17, 15) is 4.79 Å². The largest absolute Gasteiger partial charge is 0.454 e. The summed E-state index contributed by atoms with van der Waals surface area (Å²) in [5, 5.41) is 8.81. The van der Waals surface area contributed by atoms with Crippen LogP contribution in [0.4, 0.5) is 0 Å². The number of hydrogen-bond donors (Lipinski definition) is 1. The summed E-state index contributed by atoms with van der Waals surface area (Å²) in [6.07, 6.45) is 3.89. The van der Waals surface area contributed by atoms with Crippen molar-refractivity contribution in [3.8, 4) is 11.5 Å². The molecule has 0 bridgehead atoms. The van der Waals surface area contributed by atoms with E-state index in [0.29, 0.717) is 25.3 Å². The van der Waals surface area contributed by atoms with E-state index in [-0.39, 0.29) is 19.3 Å². The van der Waals surface area contributed by atoms with Crippen LogP contribution in [0.15, 0.2) is 24.3 Å². The second kappa shape index (κ2) is 6.96. The maximum absolute atomic E-state index is 12.0. The molecule has 1 N–H and O–H groups in total. The van der Waals surface area contributed by atoms with Crippen LogP contribution < -0.4 is 9.47 Å². The van der Waals surface area contributed by atoms with Gasteiger partial charge in [0, 0.05) is 25.8 Å². The van der Waals surface area contributed by atoms with E-state index >= 15 is 0 Å². The number of fused-ring (bicyclic) bond motifs is 1. The van der Waals surface area contributed by atoms with Crippen LogP contribution in [0.25, 0.3) is 6.08 Å². The molecule has 1 aromatic rings. The van der Waals surface area contributed by atoms with Crippen molar-refractivity contribution in [1.82, 2.24) is 4.90 Å². The average molecular weight is 277 g/mol. The lowest BCUT2D eigenvalue weighted by Gasteiger charge is -2.18. The van der Waals surface area contributed by atoms with E-state index in [0.717, 1.165) is 11.3 Å². The molecule has 1 aliphatic rings. The molecule has 1 heterocycles. The molecule has 1 amide bonds. The van der Waals surface area contributed by atoms with E-state index in [2.05, 4.69) is 0 Å². The van der Waals surface area contributed by atoms with E-state index in [1.165, 1.54) is 0 Å². The number of aliphatic hydroxyl groups is 1. The lowest BCUT2D eigenvalue weighted by atomic mass is 10.2. The standard InChI is InChI=1S/C15H19NO4/c1-2-16(8-3-9-17)15(18)7-5-12-4-6-13-14(10-12)20-11-19-13/h4-7,10,17H,2-3,8-9,11H2,1H3/b7-5+. The van der Waals surface area contributed by atoms with E-state index in [4.69, 9.17) is 14.6 Å². The van der Waals surface area contributed by atoms with Crippen LogP contribution >= 0.6 is 0 Å². The summed E-state index contributed by atoms with van der Waals surface area (Å²) in [5.41, 5.74) is 0.890. The molecular weight excluding hydrogens is 258 g/mol. The highest BCUT2D eigenvalue weighted by atomic mass is 16.7. The second-order valence-electron chi connectivity index (χ2n) is 4.44. The van der Waals surface area contributed by atoms with Gasteiger partial charge in [0.1, 0.15) is 0 Å². The highest BCUT2D eigenvalue weighted by molar-refractivity contribution is 5.91. The van der Waals surface area contributed by atoms with Crippen LogP contribution in [-0.4, -0.2) is 42.4 Å². The Hall–Kier alpha value is -2.01. The molecule has 0 spiro atoms. The molecule has 5 heteroatoms. The van der Waals surface area contributed by atoms with Gasteiger partial charge in [-0.2, -0.15) is 0 Å². The van der Waals surface area contributed by atoms with Crippen molar-refractivity contribution < 1.29 is 19.4 Å². The number of amides is 1. The molecule has 0 saturated carbocycles. The van der Waals surface area contributed by atoms with Gasteiger partial charge in [0.05, 0.1) is 0 Å². The Bertz CT molecular complexity index is 499. The molecular formula is C15H19NO4. The molecule has 0 saturated heterocycles. The minimum atomic E-state index is -0.0568. The summed E-state index contributed by atoms with van der Waals surface area (Å²) in [6, 6.07) is 5.55. The molecule has 0 radical (unpaired) electrons. The molecule has 108 valence electrons. The Balaban J connectivity index is 1.99. The van der Waals surface area contributed by atoms with Crippen molar-refractivity contribution in [3.63, 3.8) is 0 Å². The topological polar surface area (TPSA) is 59.0 Å². The third kappa shape index (κ3) is 3.51. The van der Waals surface area contributed by atoms with Gasteiger partial charge in [-0.3, -0.25) is 4.79 Å². The maximum Gasteiger partial charge on any atom is 0.246 e. The molecule has 0 aromatic heterocycles. The van der Waals surface area contributed by atoms with Crippen molar-refractivity contribution in [1.29, 1.82) is 0 Å². The second-order valence-corrected chi connectivity index (χ2v) is 4.44. The zero-order chi connectivity index (χ0) is 14.4. The molecule has 20 heavy (non-hydrogen) atoms. The first-order valence-electron chi connectivity index (χ1n) is 6.72. The van der Waals surface area contributed by atoms with E-state index < -0.39 is 0 Å². The van der Waals surface area contributed by atoms with Gasteiger partial charge in [0.25, 0.3) is 0 Å². The number of rotatable bonds is 6. The molecule has 1 aromatic carbocycles. The highest BCUT2D eigenvalue weighted by Gasteiger charge is 2.12. The Kier molecular flexibility index (Phi) is 5.01. The summed E-state index contributed by atoms with van der Waals surface area (Å²) < 4.78 is 10.5.